The molecule has 0 bridgehead atoms. The quantitative estimate of drug-likeness (QED) is 0.774. The van der Waals surface area contributed by atoms with Crippen molar-refractivity contribution >= 4 is 5.97 Å². The molecule has 0 heterocycles. The van der Waals surface area contributed by atoms with Crippen LogP contribution >= 0.6 is 0 Å². The first-order chi connectivity index (χ1) is 9.15. The zero-order valence-electron chi connectivity index (χ0n) is 11.2. The number of carboxylic acids is 1. The van der Waals surface area contributed by atoms with Crippen LogP contribution < -0.4 is 0 Å². The molecule has 1 saturated carbocycles. The molecule has 2 atom stereocenters. The van der Waals surface area contributed by atoms with Crippen molar-refractivity contribution in [2.24, 2.45) is 0 Å². The van der Waals surface area contributed by atoms with Crippen molar-refractivity contribution in [3.05, 3.63) is 35.4 Å². The monoisotopic (exact) mass is 262 g/mol. The molecule has 2 rings (SSSR count). The van der Waals surface area contributed by atoms with Gasteiger partial charge in [-0.25, -0.2) is 0 Å². The van der Waals surface area contributed by atoms with Gasteiger partial charge in [-0.3, -0.25) is 4.79 Å². The Morgan fingerprint density at radius 1 is 1.16 bits per heavy atom. The van der Waals surface area contributed by atoms with Crippen LogP contribution in [0.2, 0.25) is 0 Å². The minimum absolute atomic E-state index is 0.124. The molecule has 1 aromatic rings. The van der Waals surface area contributed by atoms with Crippen molar-refractivity contribution < 1.29 is 15.0 Å². The lowest BCUT2D eigenvalue weighted by atomic mass is 9.95. The lowest BCUT2D eigenvalue weighted by Crippen LogP contribution is -1.99. The van der Waals surface area contributed by atoms with Crippen molar-refractivity contribution in [3.8, 4) is 0 Å². The summed E-state index contributed by atoms with van der Waals surface area (Å²) in [4.78, 5) is 10.4. The number of aliphatic hydroxyl groups is 1. The summed E-state index contributed by atoms with van der Waals surface area (Å²) in [5.74, 6) is -0.203. The molecule has 0 saturated heterocycles. The highest BCUT2D eigenvalue weighted by Crippen LogP contribution is 2.34. The van der Waals surface area contributed by atoms with Crippen LogP contribution in [0.1, 0.15) is 55.6 Å². The van der Waals surface area contributed by atoms with Gasteiger partial charge in [-0.1, -0.05) is 24.3 Å². The number of hydrogen-bond donors (Lipinski definition) is 2. The van der Waals surface area contributed by atoms with Crippen LogP contribution in [0, 0.1) is 0 Å². The van der Waals surface area contributed by atoms with Crippen molar-refractivity contribution in [2.75, 3.05) is 0 Å². The summed E-state index contributed by atoms with van der Waals surface area (Å²) in [6.45, 7) is 0. The molecule has 104 valence electrons. The number of benzene rings is 1. The minimum atomic E-state index is -0.713. The third-order valence-electron chi connectivity index (χ3n) is 3.96. The van der Waals surface area contributed by atoms with E-state index >= 15 is 0 Å². The van der Waals surface area contributed by atoms with Crippen LogP contribution in [-0.2, 0) is 11.2 Å². The number of unbranched alkanes of at least 4 members (excludes halogenated alkanes) is 1. The fraction of sp³-hybridized carbons (Fsp3) is 0.562. The van der Waals surface area contributed by atoms with Crippen LogP contribution in [0.5, 0.6) is 0 Å². The summed E-state index contributed by atoms with van der Waals surface area (Å²) in [5, 5.41) is 18.1. The van der Waals surface area contributed by atoms with Crippen LogP contribution in [0.4, 0.5) is 0 Å². The minimum Gasteiger partial charge on any atom is -0.481 e. The summed E-state index contributed by atoms with van der Waals surface area (Å²) < 4.78 is 0. The average molecular weight is 262 g/mol. The predicted octanol–water partition coefficient (Wildman–Crippen LogP) is 3.11. The van der Waals surface area contributed by atoms with E-state index in [-0.39, 0.29) is 12.5 Å². The van der Waals surface area contributed by atoms with Gasteiger partial charge in [0.25, 0.3) is 0 Å². The molecule has 1 fully saturated rings. The molecule has 0 aromatic heterocycles. The molecular formula is C16H22O3. The fourth-order valence-corrected chi connectivity index (χ4v) is 2.82. The smallest absolute Gasteiger partial charge is 0.303 e. The second-order valence-corrected chi connectivity index (χ2v) is 5.51. The maximum Gasteiger partial charge on any atom is 0.303 e. The Kier molecular flexibility index (Phi) is 4.97. The van der Waals surface area contributed by atoms with Crippen molar-refractivity contribution in [2.45, 2.75) is 57.0 Å². The number of carbonyl (C=O) groups is 1. The Balaban J connectivity index is 1.79. The molecule has 2 N–H and O–H groups in total. The van der Waals surface area contributed by atoms with E-state index in [9.17, 15) is 9.90 Å². The lowest BCUT2D eigenvalue weighted by molar-refractivity contribution is -0.137. The molecule has 0 radical (unpaired) electrons. The molecule has 0 spiro atoms. The van der Waals surface area contributed by atoms with Crippen molar-refractivity contribution in [3.63, 3.8) is 0 Å². The molecule has 3 heteroatoms. The molecule has 1 aromatic carbocycles. The topological polar surface area (TPSA) is 57.5 Å². The number of rotatable bonds is 6. The summed E-state index contributed by atoms with van der Waals surface area (Å²) in [6, 6.07) is 8.60. The highest BCUT2D eigenvalue weighted by molar-refractivity contribution is 5.66. The third kappa shape index (κ3) is 4.35. The first kappa shape index (κ1) is 14.1. The first-order valence-electron chi connectivity index (χ1n) is 7.14. The number of carboxylic acid groups (broad SMARTS) is 1. The lowest BCUT2D eigenvalue weighted by Gasteiger charge is -2.10. The summed E-state index contributed by atoms with van der Waals surface area (Å²) >= 11 is 0. The largest absolute Gasteiger partial charge is 0.481 e. The molecule has 1 aliphatic carbocycles. The molecule has 2 unspecified atom stereocenters. The highest BCUT2D eigenvalue weighted by Gasteiger charge is 2.23. The highest BCUT2D eigenvalue weighted by atomic mass is 16.4. The SMILES string of the molecule is O=C(O)CCCCc1ccc(C2CCC(O)C2)cc1. The number of aliphatic hydroxyl groups excluding tert-OH is 1. The number of aryl methyl sites for hydroxylation is 1. The van der Waals surface area contributed by atoms with E-state index in [1.807, 2.05) is 0 Å². The summed E-state index contributed by atoms with van der Waals surface area (Å²) in [6.07, 6.45) is 5.64. The number of aliphatic carboxylic acids is 1. The van der Waals surface area contributed by atoms with Gasteiger partial charge in [0.2, 0.25) is 0 Å². The molecule has 1 aliphatic rings. The normalized spacial score (nSPS) is 22.6. The van der Waals surface area contributed by atoms with Gasteiger partial charge in [0.15, 0.2) is 0 Å². The van der Waals surface area contributed by atoms with E-state index in [1.165, 1.54) is 11.1 Å². The molecular weight excluding hydrogens is 240 g/mol. The Labute approximate surface area is 114 Å². The fourth-order valence-electron chi connectivity index (χ4n) is 2.82. The van der Waals surface area contributed by atoms with Gasteiger partial charge in [0, 0.05) is 6.42 Å². The van der Waals surface area contributed by atoms with E-state index in [0.717, 1.165) is 38.5 Å². The van der Waals surface area contributed by atoms with Crippen LogP contribution in [-0.4, -0.2) is 22.3 Å². The van der Waals surface area contributed by atoms with Gasteiger partial charge in [0.05, 0.1) is 6.10 Å². The maximum atomic E-state index is 10.4. The van der Waals surface area contributed by atoms with E-state index in [0.29, 0.717) is 5.92 Å². The van der Waals surface area contributed by atoms with Gasteiger partial charge < -0.3 is 10.2 Å². The van der Waals surface area contributed by atoms with Gasteiger partial charge in [-0.05, 0) is 55.6 Å². The third-order valence-corrected chi connectivity index (χ3v) is 3.96. The van der Waals surface area contributed by atoms with E-state index in [1.54, 1.807) is 0 Å². The van der Waals surface area contributed by atoms with Gasteiger partial charge in [-0.2, -0.15) is 0 Å². The Morgan fingerprint density at radius 2 is 1.89 bits per heavy atom. The molecule has 0 aliphatic heterocycles. The Morgan fingerprint density at radius 3 is 2.47 bits per heavy atom. The molecule has 3 nitrogen and oxygen atoms in total. The van der Waals surface area contributed by atoms with Gasteiger partial charge >= 0.3 is 5.97 Å². The van der Waals surface area contributed by atoms with Crippen molar-refractivity contribution in [1.82, 2.24) is 0 Å². The zero-order chi connectivity index (χ0) is 13.7. The summed E-state index contributed by atoms with van der Waals surface area (Å²) in [5.41, 5.74) is 2.60. The second kappa shape index (κ2) is 6.71. The van der Waals surface area contributed by atoms with E-state index in [2.05, 4.69) is 24.3 Å². The van der Waals surface area contributed by atoms with Crippen LogP contribution in [0.15, 0.2) is 24.3 Å². The second-order valence-electron chi connectivity index (χ2n) is 5.51. The zero-order valence-corrected chi connectivity index (χ0v) is 11.2. The standard InChI is InChI=1S/C16H22O3/c17-15-10-9-14(11-15)13-7-5-12(6-8-13)3-1-2-4-16(18)19/h5-8,14-15,17H,1-4,9-11H2,(H,18,19). The van der Waals surface area contributed by atoms with Gasteiger partial charge in [-0.15, -0.1) is 0 Å². The number of hydrogen-bond acceptors (Lipinski definition) is 2. The predicted molar refractivity (Wildman–Crippen MR) is 74.2 cm³/mol. The molecule has 0 amide bonds. The van der Waals surface area contributed by atoms with Crippen LogP contribution in [0.3, 0.4) is 0 Å². The van der Waals surface area contributed by atoms with Crippen molar-refractivity contribution in [1.29, 1.82) is 0 Å². The van der Waals surface area contributed by atoms with Gasteiger partial charge in [0.1, 0.15) is 0 Å². The average Bonchev–Trinajstić information content (AvgIpc) is 2.82. The molecule has 19 heavy (non-hydrogen) atoms. The van der Waals surface area contributed by atoms with Crippen LogP contribution in [0.25, 0.3) is 0 Å². The van der Waals surface area contributed by atoms with E-state index < -0.39 is 5.97 Å². The first-order valence-corrected chi connectivity index (χ1v) is 7.14. The van der Waals surface area contributed by atoms with E-state index in [4.69, 9.17) is 5.11 Å². The Bertz CT molecular complexity index is 411. The maximum absolute atomic E-state index is 10.4. The Hall–Kier alpha value is -1.35. The summed E-state index contributed by atoms with van der Waals surface area (Å²) in [7, 11) is 0.